The fourth-order valence-corrected chi connectivity index (χ4v) is 2.18. The SMILES string of the molecule is COc1ccc(CNC(C)CNC(C)C)cc1Br. The second kappa shape index (κ2) is 7.77. The summed E-state index contributed by atoms with van der Waals surface area (Å²) in [6, 6.07) is 7.14. The van der Waals surface area contributed by atoms with Crippen molar-refractivity contribution in [3.8, 4) is 5.75 Å². The molecule has 0 saturated heterocycles. The van der Waals surface area contributed by atoms with Crippen LogP contribution in [0.2, 0.25) is 0 Å². The Morgan fingerprint density at radius 1 is 1.22 bits per heavy atom. The van der Waals surface area contributed by atoms with Gasteiger partial charge in [0, 0.05) is 25.2 Å². The van der Waals surface area contributed by atoms with Crippen LogP contribution in [0.15, 0.2) is 22.7 Å². The van der Waals surface area contributed by atoms with Crippen LogP contribution in [0, 0.1) is 0 Å². The molecule has 0 heterocycles. The van der Waals surface area contributed by atoms with Crippen LogP contribution in [0.1, 0.15) is 26.3 Å². The number of rotatable bonds is 7. The molecule has 0 saturated carbocycles. The third-order valence-corrected chi connectivity index (χ3v) is 3.32. The lowest BCUT2D eigenvalue weighted by molar-refractivity contribution is 0.411. The maximum absolute atomic E-state index is 5.21. The van der Waals surface area contributed by atoms with Crippen molar-refractivity contribution >= 4 is 15.9 Å². The van der Waals surface area contributed by atoms with E-state index in [1.165, 1.54) is 5.56 Å². The zero-order valence-corrected chi connectivity index (χ0v) is 13.2. The summed E-state index contributed by atoms with van der Waals surface area (Å²) in [5.41, 5.74) is 1.25. The van der Waals surface area contributed by atoms with Crippen molar-refractivity contribution in [2.24, 2.45) is 0 Å². The van der Waals surface area contributed by atoms with Crippen LogP contribution in [0.4, 0.5) is 0 Å². The van der Waals surface area contributed by atoms with E-state index in [-0.39, 0.29) is 0 Å². The Morgan fingerprint density at radius 2 is 1.94 bits per heavy atom. The molecule has 0 radical (unpaired) electrons. The Labute approximate surface area is 118 Å². The predicted molar refractivity (Wildman–Crippen MR) is 80.1 cm³/mol. The van der Waals surface area contributed by atoms with E-state index in [9.17, 15) is 0 Å². The molecule has 1 unspecified atom stereocenters. The highest BCUT2D eigenvalue weighted by molar-refractivity contribution is 9.10. The number of halogens is 1. The lowest BCUT2D eigenvalue weighted by Crippen LogP contribution is -2.38. The lowest BCUT2D eigenvalue weighted by atomic mass is 10.2. The van der Waals surface area contributed by atoms with Gasteiger partial charge in [-0.25, -0.2) is 0 Å². The van der Waals surface area contributed by atoms with Crippen molar-refractivity contribution in [3.63, 3.8) is 0 Å². The van der Waals surface area contributed by atoms with Crippen LogP contribution in [0.3, 0.4) is 0 Å². The zero-order valence-electron chi connectivity index (χ0n) is 11.6. The highest BCUT2D eigenvalue weighted by Gasteiger charge is 2.04. The molecule has 0 aliphatic heterocycles. The zero-order chi connectivity index (χ0) is 13.5. The molecule has 102 valence electrons. The summed E-state index contributed by atoms with van der Waals surface area (Å²) in [7, 11) is 1.68. The molecule has 0 amide bonds. The molecule has 3 nitrogen and oxygen atoms in total. The molecule has 2 N–H and O–H groups in total. The minimum absolute atomic E-state index is 0.452. The van der Waals surface area contributed by atoms with Gasteiger partial charge in [-0.15, -0.1) is 0 Å². The first-order valence-electron chi connectivity index (χ1n) is 6.32. The molecular weight excluding hydrogens is 292 g/mol. The van der Waals surface area contributed by atoms with Gasteiger partial charge in [-0.2, -0.15) is 0 Å². The van der Waals surface area contributed by atoms with Crippen molar-refractivity contribution in [1.82, 2.24) is 10.6 Å². The highest BCUT2D eigenvalue weighted by atomic mass is 79.9. The second-order valence-electron chi connectivity index (χ2n) is 4.81. The minimum Gasteiger partial charge on any atom is -0.496 e. The van der Waals surface area contributed by atoms with Gasteiger partial charge < -0.3 is 15.4 Å². The summed E-state index contributed by atoms with van der Waals surface area (Å²) in [6.45, 7) is 8.35. The minimum atomic E-state index is 0.452. The normalized spacial score (nSPS) is 12.8. The molecule has 0 spiro atoms. The lowest BCUT2D eigenvalue weighted by Gasteiger charge is -2.17. The fraction of sp³-hybridized carbons (Fsp3) is 0.571. The highest BCUT2D eigenvalue weighted by Crippen LogP contribution is 2.25. The van der Waals surface area contributed by atoms with Gasteiger partial charge in [0.25, 0.3) is 0 Å². The molecule has 0 bridgehead atoms. The number of benzene rings is 1. The molecule has 4 heteroatoms. The van der Waals surface area contributed by atoms with Gasteiger partial charge in [0.1, 0.15) is 5.75 Å². The van der Waals surface area contributed by atoms with Crippen molar-refractivity contribution < 1.29 is 4.74 Å². The molecule has 1 aromatic rings. The number of nitrogens with one attached hydrogen (secondary N) is 2. The Kier molecular flexibility index (Phi) is 6.68. The van der Waals surface area contributed by atoms with E-state index in [0.29, 0.717) is 12.1 Å². The first-order valence-corrected chi connectivity index (χ1v) is 7.11. The molecular formula is C14H23BrN2O. The third kappa shape index (κ3) is 5.38. The topological polar surface area (TPSA) is 33.3 Å². The van der Waals surface area contributed by atoms with Gasteiger partial charge in [0.2, 0.25) is 0 Å². The van der Waals surface area contributed by atoms with Gasteiger partial charge in [0.15, 0.2) is 0 Å². The first kappa shape index (κ1) is 15.5. The summed E-state index contributed by atoms with van der Waals surface area (Å²) >= 11 is 3.50. The molecule has 1 rings (SSSR count). The molecule has 0 fully saturated rings. The summed E-state index contributed by atoms with van der Waals surface area (Å²) in [5, 5.41) is 6.91. The molecule has 0 aliphatic carbocycles. The van der Waals surface area contributed by atoms with Gasteiger partial charge in [-0.05, 0) is 40.5 Å². The smallest absolute Gasteiger partial charge is 0.133 e. The van der Waals surface area contributed by atoms with E-state index in [1.807, 2.05) is 6.07 Å². The molecule has 0 aliphatic rings. The molecule has 1 atom stereocenters. The number of hydrogen-bond donors (Lipinski definition) is 2. The maximum Gasteiger partial charge on any atom is 0.133 e. The summed E-state index contributed by atoms with van der Waals surface area (Å²) in [4.78, 5) is 0. The Bertz CT molecular complexity index is 369. The van der Waals surface area contributed by atoms with Gasteiger partial charge in [0.05, 0.1) is 11.6 Å². The van der Waals surface area contributed by atoms with Crippen LogP contribution in [-0.4, -0.2) is 25.7 Å². The largest absolute Gasteiger partial charge is 0.496 e. The Balaban J connectivity index is 2.41. The first-order chi connectivity index (χ1) is 8.52. The van der Waals surface area contributed by atoms with Crippen molar-refractivity contribution in [2.75, 3.05) is 13.7 Å². The summed E-state index contributed by atoms with van der Waals surface area (Å²) < 4.78 is 6.21. The Hall–Kier alpha value is -0.580. The van der Waals surface area contributed by atoms with Crippen LogP contribution in [-0.2, 0) is 6.54 Å². The monoisotopic (exact) mass is 314 g/mol. The van der Waals surface area contributed by atoms with E-state index in [1.54, 1.807) is 7.11 Å². The van der Waals surface area contributed by atoms with Gasteiger partial charge in [-0.1, -0.05) is 19.9 Å². The predicted octanol–water partition coefficient (Wildman–Crippen LogP) is 2.93. The second-order valence-corrected chi connectivity index (χ2v) is 5.67. The summed E-state index contributed by atoms with van der Waals surface area (Å²) in [5.74, 6) is 0.869. The van der Waals surface area contributed by atoms with Crippen molar-refractivity contribution in [1.29, 1.82) is 0 Å². The maximum atomic E-state index is 5.21. The van der Waals surface area contributed by atoms with Gasteiger partial charge >= 0.3 is 0 Å². The van der Waals surface area contributed by atoms with Crippen LogP contribution in [0.5, 0.6) is 5.75 Å². The van der Waals surface area contributed by atoms with E-state index in [2.05, 4.69) is 59.5 Å². The van der Waals surface area contributed by atoms with E-state index < -0.39 is 0 Å². The van der Waals surface area contributed by atoms with E-state index in [4.69, 9.17) is 4.74 Å². The molecule has 0 aromatic heterocycles. The average Bonchev–Trinajstić information content (AvgIpc) is 2.34. The molecule has 1 aromatic carbocycles. The third-order valence-electron chi connectivity index (χ3n) is 2.70. The molecule has 18 heavy (non-hydrogen) atoms. The van der Waals surface area contributed by atoms with E-state index >= 15 is 0 Å². The number of methoxy groups -OCH3 is 1. The van der Waals surface area contributed by atoms with Crippen LogP contribution < -0.4 is 15.4 Å². The fourth-order valence-electron chi connectivity index (χ4n) is 1.60. The standard InChI is InChI=1S/C14H23BrN2O/c1-10(2)16-8-11(3)17-9-12-5-6-14(18-4)13(15)7-12/h5-7,10-11,16-17H,8-9H2,1-4H3. The van der Waals surface area contributed by atoms with E-state index in [0.717, 1.165) is 23.3 Å². The van der Waals surface area contributed by atoms with Crippen LogP contribution >= 0.6 is 15.9 Å². The number of ether oxygens (including phenoxy) is 1. The van der Waals surface area contributed by atoms with Crippen LogP contribution in [0.25, 0.3) is 0 Å². The van der Waals surface area contributed by atoms with Crippen molar-refractivity contribution in [3.05, 3.63) is 28.2 Å². The number of hydrogen-bond acceptors (Lipinski definition) is 3. The van der Waals surface area contributed by atoms with Gasteiger partial charge in [-0.3, -0.25) is 0 Å². The quantitative estimate of drug-likeness (QED) is 0.812. The Morgan fingerprint density at radius 3 is 2.50 bits per heavy atom. The average molecular weight is 315 g/mol. The summed E-state index contributed by atoms with van der Waals surface area (Å²) in [6.07, 6.45) is 0. The van der Waals surface area contributed by atoms with Crippen molar-refractivity contribution in [2.45, 2.75) is 39.4 Å².